The Morgan fingerprint density at radius 3 is 1.82 bits per heavy atom. The van der Waals surface area contributed by atoms with Gasteiger partial charge in [0.2, 0.25) is 0 Å². The zero-order chi connectivity index (χ0) is 28.6. The molecule has 0 amide bonds. The van der Waals surface area contributed by atoms with Gasteiger partial charge < -0.3 is 15.3 Å². The first-order valence-corrected chi connectivity index (χ1v) is 16.1. The lowest BCUT2D eigenvalue weighted by Gasteiger charge is -2.18. The molecule has 3 N–H and O–H groups in total. The van der Waals surface area contributed by atoms with Crippen molar-refractivity contribution in [2.24, 2.45) is 16.8 Å². The van der Waals surface area contributed by atoms with Gasteiger partial charge in [-0.3, -0.25) is 0 Å². The molecule has 2 aromatic heterocycles. The monoisotopic (exact) mass is 538 g/mol. The lowest BCUT2D eigenvalue weighted by atomic mass is 9.84. The van der Waals surface area contributed by atoms with E-state index >= 15 is 0 Å². The van der Waals surface area contributed by atoms with Crippen LogP contribution >= 0.6 is 0 Å². The van der Waals surface area contributed by atoms with Gasteiger partial charge in [0.1, 0.15) is 0 Å². The molecule has 0 radical (unpaired) electrons. The summed E-state index contributed by atoms with van der Waals surface area (Å²) >= 11 is 0. The van der Waals surface area contributed by atoms with Crippen LogP contribution < -0.4 is 16.0 Å². The number of allylic oxidation sites excluding steroid dienone is 3. The van der Waals surface area contributed by atoms with Gasteiger partial charge in [0.25, 0.3) is 0 Å². The van der Waals surface area contributed by atoms with Crippen LogP contribution in [0.3, 0.4) is 0 Å². The van der Waals surface area contributed by atoms with Gasteiger partial charge in [-0.05, 0) is 109 Å². The highest BCUT2D eigenvalue weighted by molar-refractivity contribution is 6.23. The quantitative estimate of drug-likeness (QED) is 0.329. The van der Waals surface area contributed by atoms with E-state index in [1.807, 2.05) is 0 Å². The average molecular weight is 539 g/mol. The minimum atomic E-state index is 0.314. The molecule has 0 aliphatic carbocycles. The second-order valence-electron chi connectivity index (χ2n) is 11.6. The van der Waals surface area contributed by atoms with Crippen molar-refractivity contribution >= 4 is 30.0 Å². The van der Waals surface area contributed by atoms with Crippen molar-refractivity contribution in [3.63, 3.8) is 0 Å². The fraction of sp³-hybridized carbons (Fsp3) is 0.528. The molecular formula is C36H50N4. The van der Waals surface area contributed by atoms with Crippen molar-refractivity contribution in [1.29, 1.82) is 0 Å². The number of nitrogens with one attached hydrogen (secondary N) is 3. The molecule has 0 aromatic carbocycles. The van der Waals surface area contributed by atoms with E-state index in [4.69, 9.17) is 4.99 Å². The number of fused-ring (bicyclic) bond motifs is 7. The molecule has 0 saturated carbocycles. The third kappa shape index (κ3) is 4.67. The van der Waals surface area contributed by atoms with Crippen molar-refractivity contribution in [3.8, 4) is 0 Å². The molecular weight excluding hydrogens is 488 g/mol. The molecule has 5 rings (SSSR count). The first-order valence-electron chi connectivity index (χ1n) is 16.1. The van der Waals surface area contributed by atoms with Gasteiger partial charge in [-0.1, -0.05) is 61.8 Å². The number of aromatic amines is 2. The summed E-state index contributed by atoms with van der Waals surface area (Å²) < 4.78 is 0. The van der Waals surface area contributed by atoms with Crippen LogP contribution in [0, 0.1) is 11.8 Å². The van der Waals surface area contributed by atoms with Gasteiger partial charge >= 0.3 is 0 Å². The van der Waals surface area contributed by atoms with Crippen molar-refractivity contribution in [2.75, 3.05) is 0 Å². The van der Waals surface area contributed by atoms with Crippen molar-refractivity contribution in [2.45, 2.75) is 113 Å². The Labute approximate surface area is 241 Å². The summed E-state index contributed by atoms with van der Waals surface area (Å²) in [6, 6.07) is 0.314. The predicted molar refractivity (Wildman–Crippen MR) is 173 cm³/mol. The van der Waals surface area contributed by atoms with Crippen LogP contribution in [0.15, 0.2) is 27.5 Å². The van der Waals surface area contributed by atoms with Gasteiger partial charge in [-0.25, -0.2) is 4.99 Å². The number of aromatic nitrogens is 2. The zero-order valence-electron chi connectivity index (χ0n) is 26.1. The second kappa shape index (κ2) is 11.8. The summed E-state index contributed by atoms with van der Waals surface area (Å²) in [5, 5.41) is 6.55. The van der Waals surface area contributed by atoms with E-state index < -0.39 is 0 Å². The molecule has 1 saturated heterocycles. The second-order valence-corrected chi connectivity index (χ2v) is 11.6. The van der Waals surface area contributed by atoms with E-state index in [1.165, 1.54) is 61.2 Å². The van der Waals surface area contributed by atoms with E-state index in [1.54, 1.807) is 0 Å². The molecule has 40 heavy (non-hydrogen) atoms. The molecule has 4 nitrogen and oxygen atoms in total. The van der Waals surface area contributed by atoms with Crippen LogP contribution in [0.25, 0.3) is 24.3 Å². The Morgan fingerprint density at radius 1 is 0.625 bits per heavy atom. The molecule has 5 heterocycles. The van der Waals surface area contributed by atoms with E-state index in [-0.39, 0.29) is 0 Å². The Hall–Kier alpha value is -3.01. The maximum Gasteiger partial charge on any atom is 0.0693 e. The maximum absolute atomic E-state index is 5.31. The minimum Gasteiger partial charge on any atom is -0.381 e. The minimum absolute atomic E-state index is 0.314. The summed E-state index contributed by atoms with van der Waals surface area (Å²) in [5.74, 6) is 1.11. The average Bonchev–Trinajstić information content (AvgIpc) is 3.67. The normalized spacial score (nSPS) is 26.3. The molecule has 1 fully saturated rings. The molecule has 0 spiro atoms. The lowest BCUT2D eigenvalue weighted by Crippen LogP contribution is -2.28. The first-order chi connectivity index (χ1) is 19.5. The topological polar surface area (TPSA) is 56.0 Å². The van der Waals surface area contributed by atoms with Crippen LogP contribution in [0.5, 0.6) is 0 Å². The lowest BCUT2D eigenvalue weighted by molar-refractivity contribution is 0.392. The van der Waals surface area contributed by atoms with Crippen molar-refractivity contribution < 1.29 is 0 Å². The van der Waals surface area contributed by atoms with Crippen LogP contribution in [-0.2, 0) is 25.7 Å². The maximum atomic E-state index is 5.31. The van der Waals surface area contributed by atoms with E-state index in [0.717, 1.165) is 62.8 Å². The molecule has 3 aliphatic rings. The molecule has 8 bridgehead atoms. The molecule has 214 valence electrons. The number of aliphatic imine (C=N–C) groups is 1. The van der Waals surface area contributed by atoms with E-state index in [2.05, 4.69) is 95.0 Å². The highest BCUT2D eigenvalue weighted by Crippen LogP contribution is 2.38. The molecule has 3 unspecified atom stereocenters. The fourth-order valence-corrected chi connectivity index (χ4v) is 7.84. The highest BCUT2D eigenvalue weighted by atomic mass is 15.0. The summed E-state index contributed by atoms with van der Waals surface area (Å²) in [7, 11) is 0. The summed E-state index contributed by atoms with van der Waals surface area (Å²) in [4.78, 5) is 13.1. The zero-order valence-corrected chi connectivity index (χ0v) is 26.1. The van der Waals surface area contributed by atoms with Gasteiger partial charge in [0, 0.05) is 39.7 Å². The number of rotatable bonds is 8. The predicted octanol–water partition coefficient (Wildman–Crippen LogP) is 7.14. The van der Waals surface area contributed by atoms with E-state index in [9.17, 15) is 0 Å². The summed E-state index contributed by atoms with van der Waals surface area (Å²) in [6.07, 6.45) is 18.0. The van der Waals surface area contributed by atoms with Crippen LogP contribution in [0.2, 0.25) is 0 Å². The SMILES string of the molecule is CCC1=C(CC)/C2=C/c3[nH]c(c(CC)c3CC)/C=C3\NC(/C=c4\[nH]/c(c(CC)c4CC)=C\C1=N2)C(CC)C3CC. The first kappa shape index (κ1) is 28.5. The molecule has 2 aromatic rings. The summed E-state index contributed by atoms with van der Waals surface area (Å²) in [6.45, 7) is 18.4. The van der Waals surface area contributed by atoms with Crippen LogP contribution in [0.4, 0.5) is 0 Å². The molecule has 3 aliphatic heterocycles. The van der Waals surface area contributed by atoms with Gasteiger partial charge in [0.15, 0.2) is 0 Å². The summed E-state index contributed by atoms with van der Waals surface area (Å²) in [5.41, 5.74) is 14.7. The van der Waals surface area contributed by atoms with Crippen molar-refractivity contribution in [3.05, 3.63) is 66.9 Å². The van der Waals surface area contributed by atoms with Crippen molar-refractivity contribution in [1.82, 2.24) is 15.3 Å². The number of hydrogen-bond donors (Lipinski definition) is 3. The largest absolute Gasteiger partial charge is 0.381 e. The fourth-order valence-electron chi connectivity index (χ4n) is 7.84. The van der Waals surface area contributed by atoms with Gasteiger partial charge in [-0.15, -0.1) is 0 Å². The molecule has 4 heteroatoms. The van der Waals surface area contributed by atoms with Crippen LogP contribution in [0.1, 0.15) is 115 Å². The Balaban J connectivity index is 1.87. The Kier molecular flexibility index (Phi) is 8.44. The molecule has 3 atom stereocenters. The number of nitrogens with zero attached hydrogens (tertiary/aromatic N) is 1. The van der Waals surface area contributed by atoms with E-state index in [0.29, 0.717) is 17.9 Å². The highest BCUT2D eigenvalue weighted by Gasteiger charge is 2.36. The van der Waals surface area contributed by atoms with Gasteiger partial charge in [0.05, 0.1) is 11.4 Å². The van der Waals surface area contributed by atoms with Gasteiger partial charge in [-0.2, -0.15) is 0 Å². The van der Waals surface area contributed by atoms with Crippen LogP contribution in [-0.4, -0.2) is 21.7 Å². The Bertz CT molecular complexity index is 1520. The standard InChI is InChI=1S/C36H50N4/c1-9-21-22(10-2)30-18-32-25(13-5)26(14-6)34(39-32)20-36-28(16-8)27(15-7)35(40-36)19-33-24(12-4)23(11-3)31(38-33)17-29(21)37-30/h17-22,29,37-39H,9-16H2,1-8H3/b30-18-,31-17-,33-19-,36-20-. The number of H-pyrrole nitrogens is 2. The third-order valence-corrected chi connectivity index (χ3v) is 9.74. The Morgan fingerprint density at radius 2 is 1.25 bits per heavy atom. The number of hydrogen-bond acceptors (Lipinski definition) is 2. The smallest absolute Gasteiger partial charge is 0.0693 e. The third-order valence-electron chi connectivity index (χ3n) is 9.74.